The Bertz CT molecular complexity index is 1220. The maximum Gasteiger partial charge on any atom is 0.246 e. The second-order valence-corrected chi connectivity index (χ2v) is 12.3. The maximum absolute atomic E-state index is 13.8. The van der Waals surface area contributed by atoms with Gasteiger partial charge in [-0.25, -0.2) is 30.3 Å². The Hall–Kier alpha value is -2.37. The number of rotatable bonds is 7. The second kappa shape index (κ2) is 9.11. The van der Waals surface area contributed by atoms with Gasteiger partial charge in [0, 0.05) is 25.0 Å². The number of benzene rings is 2. The standard InChI is InChI=1S/C22H24F2N2O5S2/c23-19-7-4-8-20(24)22(19)33(30,31)25-12-11-21(27)26-15-9-10-16(26)14-18(13-15)32(28,29)17-5-2-1-3-6-17/h1-8,15-16,18,25H,9-14H2. The van der Waals surface area contributed by atoms with Gasteiger partial charge in [-0.1, -0.05) is 24.3 Å². The van der Waals surface area contributed by atoms with Gasteiger partial charge in [0.05, 0.1) is 10.1 Å². The fourth-order valence-corrected chi connectivity index (χ4v) is 7.86. The van der Waals surface area contributed by atoms with Crippen molar-refractivity contribution < 1.29 is 30.4 Å². The number of nitrogens with zero attached hydrogens (tertiary/aromatic N) is 1. The summed E-state index contributed by atoms with van der Waals surface area (Å²) < 4.78 is 80.3. The molecule has 2 bridgehead atoms. The molecule has 2 aromatic carbocycles. The topological polar surface area (TPSA) is 101 Å². The first kappa shape index (κ1) is 23.8. The Labute approximate surface area is 191 Å². The Morgan fingerprint density at radius 3 is 2.06 bits per heavy atom. The van der Waals surface area contributed by atoms with Crippen molar-refractivity contribution in [2.45, 2.75) is 59.2 Å². The number of halogens is 2. The third-order valence-corrected chi connectivity index (χ3v) is 10.0. The number of carbonyl (C=O) groups is 1. The Kier molecular flexibility index (Phi) is 6.56. The lowest BCUT2D eigenvalue weighted by Crippen LogP contribution is -2.50. The quantitative estimate of drug-likeness (QED) is 0.633. The van der Waals surface area contributed by atoms with Crippen LogP contribution in [-0.2, 0) is 24.7 Å². The summed E-state index contributed by atoms with van der Waals surface area (Å²) in [5.41, 5.74) is 0. The molecule has 2 saturated heterocycles. The van der Waals surface area contributed by atoms with Crippen LogP contribution in [0.15, 0.2) is 58.3 Å². The average molecular weight is 499 g/mol. The molecule has 2 fully saturated rings. The van der Waals surface area contributed by atoms with Crippen LogP contribution in [0.5, 0.6) is 0 Å². The number of nitrogens with one attached hydrogen (secondary N) is 1. The van der Waals surface area contributed by atoms with Crippen LogP contribution in [0.1, 0.15) is 32.1 Å². The van der Waals surface area contributed by atoms with E-state index in [1.165, 1.54) is 0 Å². The molecule has 2 heterocycles. The number of carbonyl (C=O) groups excluding carboxylic acids is 1. The van der Waals surface area contributed by atoms with Crippen LogP contribution < -0.4 is 4.72 Å². The van der Waals surface area contributed by atoms with E-state index in [2.05, 4.69) is 4.72 Å². The van der Waals surface area contributed by atoms with Gasteiger partial charge in [0.15, 0.2) is 14.7 Å². The van der Waals surface area contributed by atoms with Crippen LogP contribution >= 0.6 is 0 Å². The first-order valence-corrected chi connectivity index (χ1v) is 13.7. The molecule has 0 radical (unpaired) electrons. The fourth-order valence-electron chi connectivity index (χ4n) is 4.82. The summed E-state index contributed by atoms with van der Waals surface area (Å²) in [5.74, 6) is -2.74. The molecule has 2 aliphatic heterocycles. The summed E-state index contributed by atoms with van der Waals surface area (Å²) in [6, 6.07) is 10.5. The van der Waals surface area contributed by atoms with Crippen LogP contribution in [0.2, 0.25) is 0 Å². The fraction of sp³-hybridized carbons (Fsp3) is 0.409. The summed E-state index contributed by atoms with van der Waals surface area (Å²) in [4.78, 5) is 13.7. The van der Waals surface area contributed by atoms with Gasteiger partial charge in [-0.2, -0.15) is 0 Å². The van der Waals surface area contributed by atoms with Crippen molar-refractivity contribution in [1.82, 2.24) is 9.62 Å². The number of hydrogen-bond donors (Lipinski definition) is 1. The molecular weight excluding hydrogens is 474 g/mol. The predicted molar refractivity (Wildman–Crippen MR) is 116 cm³/mol. The zero-order valence-electron chi connectivity index (χ0n) is 17.7. The Morgan fingerprint density at radius 2 is 1.48 bits per heavy atom. The minimum atomic E-state index is -4.47. The van der Waals surface area contributed by atoms with E-state index in [4.69, 9.17) is 0 Å². The van der Waals surface area contributed by atoms with Crippen molar-refractivity contribution in [3.05, 3.63) is 60.2 Å². The molecule has 7 nitrogen and oxygen atoms in total. The van der Waals surface area contributed by atoms with E-state index in [1.54, 1.807) is 35.2 Å². The van der Waals surface area contributed by atoms with Crippen LogP contribution in [0, 0.1) is 11.6 Å². The lowest BCUT2D eigenvalue weighted by Gasteiger charge is -2.38. The highest BCUT2D eigenvalue weighted by atomic mass is 32.2. The third-order valence-electron chi connectivity index (χ3n) is 6.31. The molecule has 1 amide bonds. The lowest BCUT2D eigenvalue weighted by molar-refractivity contribution is -0.135. The van der Waals surface area contributed by atoms with Gasteiger partial charge in [0.1, 0.15) is 11.6 Å². The van der Waals surface area contributed by atoms with Gasteiger partial charge in [0.25, 0.3) is 0 Å². The van der Waals surface area contributed by atoms with E-state index in [-0.39, 0.29) is 35.9 Å². The minimum Gasteiger partial charge on any atom is -0.337 e. The van der Waals surface area contributed by atoms with E-state index in [0.29, 0.717) is 25.7 Å². The Morgan fingerprint density at radius 1 is 0.909 bits per heavy atom. The van der Waals surface area contributed by atoms with Crippen molar-refractivity contribution >= 4 is 25.8 Å². The van der Waals surface area contributed by atoms with Crippen molar-refractivity contribution in [2.75, 3.05) is 6.54 Å². The largest absolute Gasteiger partial charge is 0.337 e. The molecule has 178 valence electrons. The van der Waals surface area contributed by atoms with Crippen molar-refractivity contribution in [3.63, 3.8) is 0 Å². The normalized spacial score (nSPS) is 23.0. The third kappa shape index (κ3) is 4.67. The van der Waals surface area contributed by atoms with Crippen molar-refractivity contribution in [2.24, 2.45) is 0 Å². The van der Waals surface area contributed by atoms with Gasteiger partial charge in [0.2, 0.25) is 15.9 Å². The summed E-state index contributed by atoms with van der Waals surface area (Å²) >= 11 is 0. The van der Waals surface area contributed by atoms with Crippen molar-refractivity contribution in [3.8, 4) is 0 Å². The van der Waals surface area contributed by atoms with Crippen molar-refractivity contribution in [1.29, 1.82) is 0 Å². The molecule has 2 unspecified atom stereocenters. The second-order valence-electron chi connectivity index (χ2n) is 8.34. The monoisotopic (exact) mass is 498 g/mol. The van der Waals surface area contributed by atoms with Gasteiger partial charge in [-0.05, 0) is 49.9 Å². The van der Waals surface area contributed by atoms with E-state index in [1.807, 2.05) is 0 Å². The minimum absolute atomic E-state index is 0.196. The number of hydrogen-bond acceptors (Lipinski definition) is 5. The molecule has 0 spiro atoms. The molecule has 1 N–H and O–H groups in total. The van der Waals surface area contributed by atoms with E-state index in [0.717, 1.165) is 18.2 Å². The van der Waals surface area contributed by atoms with Crippen LogP contribution in [0.3, 0.4) is 0 Å². The van der Waals surface area contributed by atoms with Gasteiger partial charge < -0.3 is 4.90 Å². The summed E-state index contributed by atoms with van der Waals surface area (Å²) in [6.07, 6.45) is 1.82. The predicted octanol–water partition coefficient (Wildman–Crippen LogP) is 2.63. The molecule has 0 aromatic heterocycles. The van der Waals surface area contributed by atoms with Gasteiger partial charge in [-0.15, -0.1) is 0 Å². The molecule has 2 atom stereocenters. The highest BCUT2D eigenvalue weighted by molar-refractivity contribution is 7.92. The number of sulfone groups is 1. The Balaban J connectivity index is 1.39. The number of piperidine rings is 1. The molecular formula is C22H24F2N2O5S2. The maximum atomic E-state index is 13.8. The number of sulfonamides is 1. The highest BCUT2D eigenvalue weighted by Gasteiger charge is 2.46. The summed E-state index contributed by atoms with van der Waals surface area (Å²) in [5, 5.41) is -0.580. The smallest absolute Gasteiger partial charge is 0.246 e. The van der Waals surface area contributed by atoms with Gasteiger partial charge in [-0.3, -0.25) is 4.79 Å². The first-order valence-electron chi connectivity index (χ1n) is 10.6. The molecule has 2 aliphatic rings. The molecule has 4 rings (SSSR count). The van der Waals surface area contributed by atoms with E-state index >= 15 is 0 Å². The van der Waals surface area contributed by atoms with E-state index < -0.39 is 41.6 Å². The molecule has 2 aromatic rings. The first-order chi connectivity index (χ1) is 15.6. The number of fused-ring (bicyclic) bond motifs is 2. The van der Waals surface area contributed by atoms with Crippen LogP contribution in [0.25, 0.3) is 0 Å². The van der Waals surface area contributed by atoms with Crippen LogP contribution in [0.4, 0.5) is 8.78 Å². The van der Waals surface area contributed by atoms with Gasteiger partial charge >= 0.3 is 0 Å². The average Bonchev–Trinajstić information content (AvgIpc) is 3.03. The molecule has 11 heteroatoms. The SMILES string of the molecule is O=C(CCNS(=O)(=O)c1c(F)cccc1F)N1C2CCC1CC(S(=O)(=O)c1ccccc1)C2. The van der Waals surface area contributed by atoms with E-state index in [9.17, 15) is 30.4 Å². The number of amides is 1. The molecule has 33 heavy (non-hydrogen) atoms. The molecule has 0 aliphatic carbocycles. The zero-order valence-corrected chi connectivity index (χ0v) is 19.3. The molecule has 0 saturated carbocycles. The zero-order chi connectivity index (χ0) is 23.8. The van der Waals surface area contributed by atoms with Crippen LogP contribution in [-0.4, -0.2) is 51.5 Å². The summed E-state index contributed by atoms with van der Waals surface area (Å²) in [7, 11) is -7.98. The highest BCUT2D eigenvalue weighted by Crippen LogP contribution is 2.40. The summed E-state index contributed by atoms with van der Waals surface area (Å²) in [6.45, 7) is -0.323. The lowest BCUT2D eigenvalue weighted by atomic mass is 10.0.